The smallest absolute Gasteiger partial charge is 0.195 e. The molecule has 1 aromatic rings. The molecule has 0 bridgehead atoms. The van der Waals surface area contributed by atoms with Gasteiger partial charge in [-0.05, 0) is 17.9 Å². The van der Waals surface area contributed by atoms with Gasteiger partial charge in [0.15, 0.2) is 0 Å². The lowest BCUT2D eigenvalue weighted by Gasteiger charge is -2.23. The highest BCUT2D eigenvalue weighted by molar-refractivity contribution is 7.86. The molecular weight excluding hydrogens is 280 g/mol. The van der Waals surface area contributed by atoms with E-state index in [1.165, 1.54) is 8.61 Å². The Morgan fingerprint density at radius 1 is 1.35 bits per heavy atom. The minimum Gasteiger partial charge on any atom is -0.195 e. The van der Waals surface area contributed by atoms with Crippen molar-refractivity contribution in [2.45, 2.75) is 13.0 Å². The number of thiophene rings is 1. The van der Waals surface area contributed by atoms with Gasteiger partial charge in [-0.2, -0.15) is 17.0 Å². The predicted octanol–water partition coefficient (Wildman–Crippen LogP) is 1.99. The first-order chi connectivity index (χ1) is 7.98. The molecule has 1 heterocycles. The summed E-state index contributed by atoms with van der Waals surface area (Å²) in [7, 11) is -0.207. The third kappa shape index (κ3) is 4.22. The third-order valence-corrected chi connectivity index (χ3v) is 5.37. The molecule has 4 nitrogen and oxygen atoms in total. The normalized spacial score (nSPS) is 12.5. The molecule has 7 heteroatoms. The maximum absolute atomic E-state index is 12.1. The van der Waals surface area contributed by atoms with Gasteiger partial charge in [-0.1, -0.05) is 6.07 Å². The Balaban J connectivity index is 2.63. The van der Waals surface area contributed by atoms with Crippen LogP contribution in [0.3, 0.4) is 0 Å². The number of nitrogens with zero attached hydrogens (tertiary/aromatic N) is 2. The SMILES string of the molecule is CN(CCCCl)S(=O)(=O)N(C)Cc1cccs1. The summed E-state index contributed by atoms with van der Waals surface area (Å²) in [6.45, 7) is 0.853. The van der Waals surface area contributed by atoms with Gasteiger partial charge in [0.2, 0.25) is 0 Å². The van der Waals surface area contributed by atoms with Gasteiger partial charge < -0.3 is 0 Å². The Hall–Kier alpha value is -0.140. The molecule has 0 spiro atoms. The molecule has 17 heavy (non-hydrogen) atoms. The van der Waals surface area contributed by atoms with Crippen LogP contribution in [0.4, 0.5) is 0 Å². The second-order valence-corrected chi connectivity index (χ2v) is 7.26. The first-order valence-corrected chi connectivity index (χ1v) is 8.05. The van der Waals surface area contributed by atoms with Crippen LogP contribution in [0.1, 0.15) is 11.3 Å². The molecule has 98 valence electrons. The second-order valence-electron chi connectivity index (χ2n) is 3.71. The molecule has 0 unspecified atom stereocenters. The fourth-order valence-electron chi connectivity index (χ4n) is 1.34. The molecule has 0 saturated heterocycles. The van der Waals surface area contributed by atoms with Crippen molar-refractivity contribution in [1.29, 1.82) is 0 Å². The van der Waals surface area contributed by atoms with Crippen LogP contribution in [0, 0.1) is 0 Å². The van der Waals surface area contributed by atoms with Gasteiger partial charge in [0.1, 0.15) is 0 Å². The summed E-state index contributed by atoms with van der Waals surface area (Å²) < 4.78 is 26.8. The zero-order chi connectivity index (χ0) is 12.9. The van der Waals surface area contributed by atoms with E-state index in [-0.39, 0.29) is 0 Å². The van der Waals surface area contributed by atoms with E-state index in [9.17, 15) is 8.42 Å². The maximum Gasteiger partial charge on any atom is 0.281 e. The quantitative estimate of drug-likeness (QED) is 0.722. The van der Waals surface area contributed by atoms with Gasteiger partial charge in [-0.15, -0.1) is 22.9 Å². The standard InChI is InChI=1S/C10H17ClN2O2S2/c1-12(7-4-6-11)17(14,15)13(2)9-10-5-3-8-16-10/h3,5,8H,4,6-7,9H2,1-2H3. The summed E-state index contributed by atoms with van der Waals surface area (Å²) in [4.78, 5) is 1.03. The predicted molar refractivity (Wildman–Crippen MR) is 72.7 cm³/mol. The fraction of sp³-hybridized carbons (Fsp3) is 0.600. The number of hydrogen-bond donors (Lipinski definition) is 0. The summed E-state index contributed by atoms with van der Waals surface area (Å²) in [5, 5.41) is 1.94. The largest absolute Gasteiger partial charge is 0.281 e. The molecule has 0 aliphatic carbocycles. The number of rotatable bonds is 7. The Morgan fingerprint density at radius 3 is 2.59 bits per heavy atom. The molecule has 0 radical (unpaired) electrons. The van der Waals surface area contributed by atoms with Gasteiger partial charge in [-0.3, -0.25) is 0 Å². The molecule has 0 aliphatic rings. The van der Waals surface area contributed by atoms with Gasteiger partial charge in [0, 0.05) is 37.9 Å². The van der Waals surface area contributed by atoms with Crippen LogP contribution in [-0.4, -0.2) is 43.5 Å². The lowest BCUT2D eigenvalue weighted by atomic mass is 10.5. The first-order valence-electron chi connectivity index (χ1n) is 5.24. The number of hydrogen-bond acceptors (Lipinski definition) is 3. The highest BCUT2D eigenvalue weighted by Gasteiger charge is 2.23. The van der Waals surface area contributed by atoms with Crippen molar-refractivity contribution in [3.8, 4) is 0 Å². The van der Waals surface area contributed by atoms with E-state index in [1.807, 2.05) is 17.5 Å². The van der Waals surface area contributed by atoms with E-state index < -0.39 is 10.2 Å². The van der Waals surface area contributed by atoms with Crippen LogP contribution in [0.15, 0.2) is 17.5 Å². The van der Waals surface area contributed by atoms with Crippen LogP contribution in [0.5, 0.6) is 0 Å². The van der Waals surface area contributed by atoms with Gasteiger partial charge in [0.25, 0.3) is 10.2 Å². The number of halogens is 1. The van der Waals surface area contributed by atoms with Crippen LogP contribution < -0.4 is 0 Å². The topological polar surface area (TPSA) is 40.6 Å². The van der Waals surface area contributed by atoms with E-state index in [2.05, 4.69) is 0 Å². The van der Waals surface area contributed by atoms with E-state index in [1.54, 1.807) is 25.4 Å². The molecule has 0 aliphatic heterocycles. The molecule has 1 aromatic heterocycles. The molecule has 0 N–H and O–H groups in total. The maximum atomic E-state index is 12.1. The minimum absolute atomic E-state index is 0.408. The van der Waals surface area contributed by atoms with E-state index in [0.29, 0.717) is 25.4 Å². The monoisotopic (exact) mass is 296 g/mol. The van der Waals surface area contributed by atoms with Gasteiger partial charge in [0.05, 0.1) is 0 Å². The van der Waals surface area contributed by atoms with Crippen LogP contribution >= 0.6 is 22.9 Å². The Kier molecular flexibility index (Phi) is 5.88. The summed E-state index contributed by atoms with van der Waals surface area (Å²) in [6.07, 6.45) is 0.657. The average molecular weight is 297 g/mol. The van der Waals surface area contributed by atoms with Crippen LogP contribution in [-0.2, 0) is 16.8 Å². The van der Waals surface area contributed by atoms with Crippen molar-refractivity contribution in [2.24, 2.45) is 0 Å². The minimum atomic E-state index is -3.37. The highest BCUT2D eigenvalue weighted by atomic mass is 35.5. The van der Waals surface area contributed by atoms with Crippen molar-refractivity contribution >= 4 is 33.1 Å². The van der Waals surface area contributed by atoms with Gasteiger partial charge >= 0.3 is 0 Å². The molecule has 1 rings (SSSR count). The lowest BCUT2D eigenvalue weighted by Crippen LogP contribution is -2.39. The van der Waals surface area contributed by atoms with Crippen LogP contribution in [0.25, 0.3) is 0 Å². The lowest BCUT2D eigenvalue weighted by molar-refractivity contribution is 0.391. The second kappa shape index (κ2) is 6.70. The summed E-state index contributed by atoms with van der Waals surface area (Å²) in [5.74, 6) is 0.467. The fourth-order valence-corrected chi connectivity index (χ4v) is 3.44. The number of alkyl halides is 1. The van der Waals surface area contributed by atoms with E-state index >= 15 is 0 Å². The molecule has 0 amide bonds. The third-order valence-electron chi connectivity index (χ3n) is 2.35. The van der Waals surface area contributed by atoms with Crippen molar-refractivity contribution in [2.75, 3.05) is 26.5 Å². The van der Waals surface area contributed by atoms with E-state index in [4.69, 9.17) is 11.6 Å². The summed E-state index contributed by atoms with van der Waals surface area (Å²) in [6, 6.07) is 3.84. The average Bonchev–Trinajstić information content (AvgIpc) is 2.78. The molecule has 0 fully saturated rings. The Morgan fingerprint density at radius 2 is 2.06 bits per heavy atom. The Labute approximate surface area is 112 Å². The molecule has 0 atom stereocenters. The van der Waals surface area contributed by atoms with Gasteiger partial charge in [-0.25, -0.2) is 0 Å². The molecule has 0 saturated carbocycles. The summed E-state index contributed by atoms with van der Waals surface area (Å²) in [5.41, 5.74) is 0. The summed E-state index contributed by atoms with van der Waals surface area (Å²) >= 11 is 7.11. The highest BCUT2D eigenvalue weighted by Crippen LogP contribution is 2.14. The van der Waals surface area contributed by atoms with Crippen LogP contribution in [0.2, 0.25) is 0 Å². The zero-order valence-electron chi connectivity index (χ0n) is 9.97. The molecular formula is C10H17ClN2O2S2. The van der Waals surface area contributed by atoms with Crippen molar-refractivity contribution in [1.82, 2.24) is 8.61 Å². The first kappa shape index (κ1) is 14.9. The Bertz CT molecular complexity index is 420. The molecule has 0 aromatic carbocycles. The van der Waals surface area contributed by atoms with Crippen molar-refractivity contribution < 1.29 is 8.42 Å². The zero-order valence-corrected chi connectivity index (χ0v) is 12.4. The van der Waals surface area contributed by atoms with Crippen molar-refractivity contribution in [3.63, 3.8) is 0 Å². The van der Waals surface area contributed by atoms with Crippen molar-refractivity contribution in [3.05, 3.63) is 22.4 Å². The van der Waals surface area contributed by atoms with E-state index in [0.717, 1.165) is 4.88 Å².